The van der Waals surface area contributed by atoms with Crippen molar-refractivity contribution in [2.45, 2.75) is 63.7 Å². The molecule has 16 heavy (non-hydrogen) atoms. The van der Waals surface area contributed by atoms with E-state index in [2.05, 4.69) is 18.7 Å². The number of nitrogens with zero attached hydrogens (tertiary/aromatic N) is 1. The third-order valence-corrected chi connectivity index (χ3v) is 3.81. The van der Waals surface area contributed by atoms with Crippen molar-refractivity contribution in [2.75, 3.05) is 13.1 Å². The Balaban J connectivity index is 1.86. The summed E-state index contributed by atoms with van der Waals surface area (Å²) in [5.74, 6) is 0. The molecule has 0 bridgehead atoms. The molecule has 2 aliphatic heterocycles. The molecule has 2 saturated heterocycles. The lowest BCUT2D eigenvalue weighted by molar-refractivity contribution is -0.114. The van der Waals surface area contributed by atoms with Gasteiger partial charge in [-0.1, -0.05) is 6.42 Å². The van der Waals surface area contributed by atoms with Crippen LogP contribution in [0.4, 0.5) is 0 Å². The highest BCUT2D eigenvalue weighted by Crippen LogP contribution is 2.30. The Morgan fingerprint density at radius 1 is 1.38 bits per heavy atom. The zero-order valence-corrected chi connectivity index (χ0v) is 10.4. The highest BCUT2D eigenvalue weighted by molar-refractivity contribution is 5.57. The molecular weight excluding hydrogens is 202 g/mol. The van der Waals surface area contributed by atoms with Gasteiger partial charge in [-0.15, -0.1) is 0 Å². The van der Waals surface area contributed by atoms with Crippen LogP contribution in [0.2, 0.25) is 0 Å². The summed E-state index contributed by atoms with van der Waals surface area (Å²) in [6.45, 7) is 6.30. The third kappa shape index (κ3) is 2.83. The molecule has 0 spiro atoms. The van der Waals surface area contributed by atoms with Gasteiger partial charge < -0.3 is 9.53 Å². The number of carbonyl (C=O) groups excluding carboxylic acids is 1. The topological polar surface area (TPSA) is 29.5 Å². The minimum absolute atomic E-state index is 0.0388. The van der Waals surface area contributed by atoms with Gasteiger partial charge in [0, 0.05) is 6.54 Å². The first-order valence-corrected chi connectivity index (χ1v) is 6.48. The fourth-order valence-electron chi connectivity index (χ4n) is 2.87. The van der Waals surface area contributed by atoms with Gasteiger partial charge in [0.2, 0.25) is 0 Å². The second kappa shape index (κ2) is 4.84. The van der Waals surface area contributed by atoms with Crippen LogP contribution in [-0.2, 0) is 9.53 Å². The summed E-state index contributed by atoms with van der Waals surface area (Å²) in [5, 5.41) is 0. The zero-order chi connectivity index (χ0) is 11.6. The summed E-state index contributed by atoms with van der Waals surface area (Å²) >= 11 is 0. The van der Waals surface area contributed by atoms with Crippen molar-refractivity contribution in [3.8, 4) is 0 Å². The maximum Gasteiger partial charge on any atom is 0.137 e. The molecule has 2 aliphatic rings. The van der Waals surface area contributed by atoms with Crippen molar-refractivity contribution >= 4 is 6.29 Å². The van der Waals surface area contributed by atoms with Crippen LogP contribution in [-0.4, -0.2) is 42.0 Å². The fourth-order valence-corrected chi connectivity index (χ4v) is 2.87. The lowest BCUT2D eigenvalue weighted by atomic mass is 10.0. The highest BCUT2D eigenvalue weighted by atomic mass is 16.5. The number of ether oxygens (including phenoxy) is 1. The first-order valence-electron chi connectivity index (χ1n) is 6.48. The van der Waals surface area contributed by atoms with E-state index < -0.39 is 0 Å². The third-order valence-electron chi connectivity index (χ3n) is 3.81. The summed E-state index contributed by atoms with van der Waals surface area (Å²) in [6, 6.07) is 0.140. The van der Waals surface area contributed by atoms with E-state index in [1.54, 1.807) is 0 Å². The van der Waals surface area contributed by atoms with Crippen LogP contribution in [0.3, 0.4) is 0 Å². The second-order valence-electron chi connectivity index (χ2n) is 5.73. The average Bonchev–Trinajstić information content (AvgIpc) is 2.59. The number of hydrogen-bond donors (Lipinski definition) is 0. The van der Waals surface area contributed by atoms with Crippen molar-refractivity contribution in [2.24, 2.45) is 0 Å². The van der Waals surface area contributed by atoms with Crippen LogP contribution in [0, 0.1) is 0 Å². The van der Waals surface area contributed by atoms with Crippen LogP contribution < -0.4 is 0 Å². The Morgan fingerprint density at radius 3 is 2.81 bits per heavy atom. The van der Waals surface area contributed by atoms with E-state index in [1.807, 2.05) is 0 Å². The number of aldehydes is 1. The van der Waals surface area contributed by atoms with Crippen LogP contribution in [0.5, 0.6) is 0 Å². The highest BCUT2D eigenvalue weighted by Gasteiger charge is 2.34. The van der Waals surface area contributed by atoms with Gasteiger partial charge in [0.1, 0.15) is 6.29 Å². The van der Waals surface area contributed by atoms with Gasteiger partial charge in [-0.3, -0.25) is 4.90 Å². The number of likely N-dealkylation sites (tertiary alicyclic amines) is 1. The average molecular weight is 225 g/mol. The van der Waals surface area contributed by atoms with E-state index in [1.165, 1.54) is 12.8 Å². The van der Waals surface area contributed by atoms with E-state index >= 15 is 0 Å². The lowest BCUT2D eigenvalue weighted by Crippen LogP contribution is -2.44. The molecule has 0 aromatic heterocycles. The summed E-state index contributed by atoms with van der Waals surface area (Å²) in [4.78, 5) is 13.3. The maximum atomic E-state index is 11.0. The first kappa shape index (κ1) is 12.1. The van der Waals surface area contributed by atoms with Gasteiger partial charge in [0.25, 0.3) is 0 Å². The molecule has 3 heteroatoms. The van der Waals surface area contributed by atoms with Crippen LogP contribution in [0.15, 0.2) is 0 Å². The molecule has 0 radical (unpaired) electrons. The molecule has 0 amide bonds. The van der Waals surface area contributed by atoms with Gasteiger partial charge in [-0.2, -0.15) is 0 Å². The van der Waals surface area contributed by atoms with E-state index in [-0.39, 0.29) is 11.6 Å². The molecule has 2 atom stereocenters. The van der Waals surface area contributed by atoms with E-state index in [4.69, 9.17) is 4.74 Å². The monoisotopic (exact) mass is 225 g/mol. The number of rotatable bonds is 3. The van der Waals surface area contributed by atoms with E-state index in [9.17, 15) is 4.79 Å². The largest absolute Gasteiger partial charge is 0.371 e. The molecule has 3 nitrogen and oxygen atoms in total. The molecule has 0 saturated carbocycles. The van der Waals surface area contributed by atoms with E-state index in [0.717, 1.165) is 38.6 Å². The van der Waals surface area contributed by atoms with Gasteiger partial charge >= 0.3 is 0 Å². The molecule has 0 aromatic carbocycles. The van der Waals surface area contributed by atoms with Crippen molar-refractivity contribution in [3.05, 3.63) is 0 Å². The molecule has 2 heterocycles. The van der Waals surface area contributed by atoms with Gasteiger partial charge in [-0.05, 0) is 46.1 Å². The quantitative estimate of drug-likeness (QED) is 0.688. The lowest BCUT2D eigenvalue weighted by Gasteiger charge is -2.34. The summed E-state index contributed by atoms with van der Waals surface area (Å²) in [7, 11) is 0. The zero-order valence-electron chi connectivity index (χ0n) is 10.4. The molecule has 92 valence electrons. The van der Waals surface area contributed by atoms with Crippen molar-refractivity contribution < 1.29 is 9.53 Å². The SMILES string of the molecule is CC1(C)CCC(CN2CCCCC2C=O)O1. The van der Waals surface area contributed by atoms with Crippen molar-refractivity contribution in [1.29, 1.82) is 0 Å². The smallest absolute Gasteiger partial charge is 0.137 e. The molecule has 0 aliphatic carbocycles. The summed E-state index contributed by atoms with van der Waals surface area (Å²) in [5.41, 5.74) is 0.0388. The second-order valence-corrected chi connectivity index (χ2v) is 5.73. The molecule has 0 aromatic rings. The predicted octanol–water partition coefficient (Wildman–Crippen LogP) is 2.00. The molecule has 2 unspecified atom stereocenters. The van der Waals surface area contributed by atoms with Gasteiger partial charge in [0.05, 0.1) is 17.7 Å². The maximum absolute atomic E-state index is 11.0. The minimum atomic E-state index is 0.0388. The molecule has 2 fully saturated rings. The van der Waals surface area contributed by atoms with Crippen LogP contribution in [0.25, 0.3) is 0 Å². The number of carbonyl (C=O) groups is 1. The minimum Gasteiger partial charge on any atom is -0.371 e. The van der Waals surface area contributed by atoms with Crippen molar-refractivity contribution in [1.82, 2.24) is 4.90 Å². The molecule has 2 rings (SSSR count). The van der Waals surface area contributed by atoms with Crippen LogP contribution in [0.1, 0.15) is 46.0 Å². The predicted molar refractivity (Wildman–Crippen MR) is 63.5 cm³/mol. The van der Waals surface area contributed by atoms with Gasteiger partial charge in [-0.25, -0.2) is 0 Å². The number of piperidine rings is 1. The number of hydrogen-bond acceptors (Lipinski definition) is 3. The Bertz CT molecular complexity index is 252. The summed E-state index contributed by atoms with van der Waals surface area (Å²) in [6.07, 6.45) is 7.15. The Hall–Kier alpha value is -0.410. The Labute approximate surface area is 98.1 Å². The fraction of sp³-hybridized carbons (Fsp3) is 0.923. The standard InChI is InChI=1S/C13H23NO2/c1-13(2)7-6-12(16-13)9-14-8-4-3-5-11(14)10-15/h10-12H,3-9H2,1-2H3. The summed E-state index contributed by atoms with van der Waals surface area (Å²) < 4.78 is 5.99. The molecular formula is C13H23NO2. The normalized spacial score (nSPS) is 35.1. The van der Waals surface area contributed by atoms with E-state index in [0.29, 0.717) is 6.10 Å². The van der Waals surface area contributed by atoms with Crippen LogP contribution >= 0.6 is 0 Å². The van der Waals surface area contributed by atoms with Crippen molar-refractivity contribution in [3.63, 3.8) is 0 Å². The molecule has 0 N–H and O–H groups in total. The first-order chi connectivity index (χ1) is 7.61. The Kier molecular flexibility index (Phi) is 3.65. The van der Waals surface area contributed by atoms with Gasteiger partial charge in [0.15, 0.2) is 0 Å². The Morgan fingerprint density at radius 2 is 2.19 bits per heavy atom.